The first-order valence-electron chi connectivity index (χ1n) is 5.13. The molecule has 1 aromatic heterocycles. The molecule has 1 heterocycles. The normalized spacial score (nSPS) is 10.1. The van der Waals surface area contributed by atoms with Crippen LogP contribution in [0.5, 0.6) is 0 Å². The molecule has 0 atom stereocenters. The van der Waals surface area contributed by atoms with Crippen LogP contribution < -0.4 is 5.56 Å². The zero-order valence-corrected chi connectivity index (χ0v) is 11.0. The molecule has 0 unspecified atom stereocenters. The van der Waals surface area contributed by atoms with Crippen LogP contribution in [-0.4, -0.2) is 4.57 Å². The van der Waals surface area contributed by atoms with Crippen molar-refractivity contribution in [3.8, 4) is 11.8 Å². The summed E-state index contributed by atoms with van der Waals surface area (Å²) < 4.78 is 1.38. The number of aromatic nitrogens is 1. The molecule has 0 bridgehead atoms. The van der Waals surface area contributed by atoms with Gasteiger partial charge in [-0.3, -0.25) is 9.36 Å². The van der Waals surface area contributed by atoms with Crippen LogP contribution in [-0.2, 0) is 0 Å². The molecule has 18 heavy (non-hydrogen) atoms. The maximum absolute atomic E-state index is 12.1. The molecular weight excluding hydrogens is 271 g/mol. The number of benzene rings is 1. The molecule has 90 valence electrons. The monoisotopic (exact) mass is 278 g/mol. The first kappa shape index (κ1) is 12.7. The third kappa shape index (κ3) is 2.01. The van der Waals surface area contributed by atoms with Gasteiger partial charge in [-0.05, 0) is 31.2 Å². The second-order valence-electron chi connectivity index (χ2n) is 3.71. The lowest BCUT2D eigenvalue weighted by atomic mass is 10.2. The fourth-order valence-electron chi connectivity index (χ4n) is 1.68. The third-order valence-corrected chi connectivity index (χ3v) is 3.38. The number of halogens is 2. The summed E-state index contributed by atoms with van der Waals surface area (Å²) in [5, 5.41) is 9.54. The Morgan fingerprint density at radius 2 is 1.94 bits per heavy atom. The van der Waals surface area contributed by atoms with E-state index >= 15 is 0 Å². The number of nitriles is 1. The van der Waals surface area contributed by atoms with E-state index in [1.54, 1.807) is 31.2 Å². The molecule has 0 fully saturated rings. The average Bonchev–Trinajstić information content (AvgIpc) is 2.35. The molecule has 1 aromatic carbocycles. The molecule has 5 heteroatoms. The quantitative estimate of drug-likeness (QED) is 0.803. The number of aryl methyl sites for hydroxylation is 1. The van der Waals surface area contributed by atoms with Gasteiger partial charge in [0.15, 0.2) is 0 Å². The molecule has 2 rings (SSSR count). The number of nitrogens with zero attached hydrogens (tertiary/aromatic N) is 2. The van der Waals surface area contributed by atoms with Crippen molar-refractivity contribution in [1.29, 1.82) is 5.26 Å². The molecule has 2 aromatic rings. The Morgan fingerprint density at radius 3 is 2.61 bits per heavy atom. The number of rotatable bonds is 1. The molecule has 0 aliphatic heterocycles. The van der Waals surface area contributed by atoms with Crippen molar-refractivity contribution < 1.29 is 0 Å². The third-order valence-electron chi connectivity index (χ3n) is 2.57. The zero-order valence-electron chi connectivity index (χ0n) is 9.45. The summed E-state index contributed by atoms with van der Waals surface area (Å²) in [6, 6.07) is 10.1. The summed E-state index contributed by atoms with van der Waals surface area (Å²) in [6.45, 7) is 1.76. The van der Waals surface area contributed by atoms with Crippen LogP contribution in [0.1, 0.15) is 11.3 Å². The summed E-state index contributed by atoms with van der Waals surface area (Å²) in [6.07, 6.45) is 0. The lowest BCUT2D eigenvalue weighted by Gasteiger charge is -2.12. The number of hydrogen-bond acceptors (Lipinski definition) is 2. The Morgan fingerprint density at radius 1 is 1.22 bits per heavy atom. The summed E-state index contributed by atoms with van der Waals surface area (Å²) >= 11 is 12.0. The van der Waals surface area contributed by atoms with Crippen molar-refractivity contribution in [1.82, 2.24) is 4.57 Å². The smallest absolute Gasteiger partial charge is 0.273 e. The van der Waals surface area contributed by atoms with Crippen molar-refractivity contribution in [2.24, 2.45) is 0 Å². The van der Waals surface area contributed by atoms with Crippen LogP contribution in [0.2, 0.25) is 10.0 Å². The van der Waals surface area contributed by atoms with Gasteiger partial charge in [0, 0.05) is 5.69 Å². The van der Waals surface area contributed by atoms with E-state index in [-0.39, 0.29) is 5.56 Å². The van der Waals surface area contributed by atoms with Gasteiger partial charge in [-0.1, -0.05) is 29.3 Å². The van der Waals surface area contributed by atoms with Gasteiger partial charge in [-0.2, -0.15) is 5.26 Å². The fourth-order valence-corrected chi connectivity index (χ4v) is 2.06. The molecule has 3 nitrogen and oxygen atoms in total. The second kappa shape index (κ2) is 4.85. The summed E-state index contributed by atoms with van der Waals surface area (Å²) in [7, 11) is 0. The van der Waals surface area contributed by atoms with E-state index in [2.05, 4.69) is 0 Å². The Balaban J connectivity index is 2.84. The molecule has 0 N–H and O–H groups in total. The van der Waals surface area contributed by atoms with Crippen molar-refractivity contribution in [3.05, 3.63) is 62.0 Å². The van der Waals surface area contributed by atoms with Gasteiger partial charge in [0.05, 0.1) is 15.7 Å². The van der Waals surface area contributed by atoms with Crippen LogP contribution in [0.4, 0.5) is 0 Å². The van der Waals surface area contributed by atoms with E-state index in [0.29, 0.717) is 21.4 Å². The molecule has 0 saturated carbocycles. The Bertz CT molecular complexity index is 714. The molecule has 0 spiro atoms. The first-order valence-corrected chi connectivity index (χ1v) is 5.89. The van der Waals surface area contributed by atoms with Gasteiger partial charge in [0.1, 0.15) is 11.6 Å². The molecule has 0 amide bonds. The van der Waals surface area contributed by atoms with Crippen LogP contribution in [0.25, 0.3) is 5.69 Å². The predicted octanol–water partition coefficient (Wildman–Crippen LogP) is 3.32. The zero-order chi connectivity index (χ0) is 13.3. The van der Waals surface area contributed by atoms with Gasteiger partial charge in [0.25, 0.3) is 5.56 Å². The van der Waals surface area contributed by atoms with Crippen LogP contribution >= 0.6 is 23.2 Å². The van der Waals surface area contributed by atoms with Crippen LogP contribution in [0.3, 0.4) is 0 Å². The highest BCUT2D eigenvalue weighted by Crippen LogP contribution is 2.28. The van der Waals surface area contributed by atoms with E-state index in [9.17, 15) is 4.79 Å². The molecule has 0 aliphatic carbocycles. The van der Waals surface area contributed by atoms with E-state index in [0.717, 1.165) is 0 Å². The lowest BCUT2D eigenvalue weighted by molar-refractivity contribution is 0.928. The number of hydrogen-bond donors (Lipinski definition) is 0. The summed E-state index contributed by atoms with van der Waals surface area (Å²) in [5.41, 5.74) is 0.824. The van der Waals surface area contributed by atoms with Crippen molar-refractivity contribution in [3.63, 3.8) is 0 Å². The van der Waals surface area contributed by atoms with E-state index < -0.39 is 5.56 Å². The topological polar surface area (TPSA) is 45.8 Å². The Kier molecular flexibility index (Phi) is 3.42. The average molecular weight is 279 g/mol. The van der Waals surface area contributed by atoms with Crippen molar-refractivity contribution >= 4 is 23.2 Å². The highest BCUT2D eigenvalue weighted by atomic mass is 35.5. The van der Waals surface area contributed by atoms with Gasteiger partial charge in [-0.15, -0.1) is 0 Å². The van der Waals surface area contributed by atoms with Crippen molar-refractivity contribution in [2.45, 2.75) is 6.92 Å². The molecular formula is C13H8Cl2N2O. The molecule has 0 radical (unpaired) electrons. The number of pyridine rings is 1. The minimum absolute atomic E-state index is 0.0663. The van der Waals surface area contributed by atoms with Crippen LogP contribution in [0, 0.1) is 18.3 Å². The first-order chi connectivity index (χ1) is 8.56. The minimum atomic E-state index is -0.401. The van der Waals surface area contributed by atoms with Crippen LogP contribution in [0.15, 0.2) is 35.1 Å². The fraction of sp³-hybridized carbons (Fsp3) is 0.0769. The lowest BCUT2D eigenvalue weighted by Crippen LogP contribution is -2.23. The highest BCUT2D eigenvalue weighted by molar-refractivity contribution is 6.43. The second-order valence-corrected chi connectivity index (χ2v) is 4.50. The van der Waals surface area contributed by atoms with Gasteiger partial charge in [-0.25, -0.2) is 0 Å². The summed E-state index contributed by atoms with van der Waals surface area (Å²) in [5.74, 6) is 0. The Hall–Kier alpha value is -1.76. The van der Waals surface area contributed by atoms with Crippen molar-refractivity contribution in [2.75, 3.05) is 0 Å². The van der Waals surface area contributed by atoms with E-state index in [4.69, 9.17) is 28.5 Å². The van der Waals surface area contributed by atoms with Gasteiger partial charge >= 0.3 is 0 Å². The summed E-state index contributed by atoms with van der Waals surface area (Å²) in [4.78, 5) is 12.1. The highest BCUT2D eigenvalue weighted by Gasteiger charge is 2.12. The predicted molar refractivity (Wildman–Crippen MR) is 71.5 cm³/mol. The van der Waals surface area contributed by atoms with Gasteiger partial charge in [0.2, 0.25) is 0 Å². The maximum atomic E-state index is 12.1. The Labute approximate surface area is 114 Å². The maximum Gasteiger partial charge on any atom is 0.273 e. The standard InChI is InChI=1S/C13H8Cl2N2O/c1-8-5-6-9(7-16)13(18)17(8)11-4-2-3-10(14)12(11)15/h2-6H,1H3. The van der Waals surface area contributed by atoms with E-state index in [1.165, 1.54) is 10.6 Å². The van der Waals surface area contributed by atoms with Gasteiger partial charge < -0.3 is 0 Å². The molecule has 0 saturated heterocycles. The SMILES string of the molecule is Cc1ccc(C#N)c(=O)n1-c1cccc(Cl)c1Cl. The minimum Gasteiger partial charge on any atom is -0.279 e. The molecule has 0 aliphatic rings. The largest absolute Gasteiger partial charge is 0.279 e. The van der Waals surface area contributed by atoms with E-state index in [1.807, 2.05) is 6.07 Å².